The van der Waals surface area contributed by atoms with Gasteiger partial charge < -0.3 is 5.32 Å². The van der Waals surface area contributed by atoms with Crippen LogP contribution in [0.5, 0.6) is 0 Å². The van der Waals surface area contributed by atoms with E-state index in [0.717, 1.165) is 29.0 Å². The maximum atomic E-state index is 12.7. The number of hydrogen-bond donors (Lipinski definition) is 1. The van der Waals surface area contributed by atoms with Gasteiger partial charge in [0.1, 0.15) is 4.21 Å². The van der Waals surface area contributed by atoms with Crippen LogP contribution in [0.1, 0.15) is 23.2 Å². The average Bonchev–Trinajstić information content (AvgIpc) is 3.42. The van der Waals surface area contributed by atoms with Crippen molar-refractivity contribution in [2.45, 2.75) is 17.1 Å². The summed E-state index contributed by atoms with van der Waals surface area (Å²) in [5, 5.41) is 2.85. The summed E-state index contributed by atoms with van der Waals surface area (Å²) in [5.41, 5.74) is 2.18. The normalized spacial score (nSPS) is 14.9. The second-order valence-electron chi connectivity index (χ2n) is 6.63. The first-order chi connectivity index (χ1) is 13.5. The molecule has 1 aliphatic heterocycles. The average molecular weight is 413 g/mol. The van der Waals surface area contributed by atoms with Gasteiger partial charge in [-0.3, -0.25) is 4.79 Å². The Morgan fingerprint density at radius 1 is 0.893 bits per heavy atom. The van der Waals surface area contributed by atoms with Crippen LogP contribution in [0.15, 0.2) is 70.9 Å². The number of thiophene rings is 1. The summed E-state index contributed by atoms with van der Waals surface area (Å²) in [6.07, 6.45) is 1.84. The zero-order valence-electron chi connectivity index (χ0n) is 15.2. The van der Waals surface area contributed by atoms with Gasteiger partial charge in [0.2, 0.25) is 0 Å². The highest BCUT2D eigenvalue weighted by atomic mass is 32.2. The van der Waals surface area contributed by atoms with E-state index < -0.39 is 10.0 Å². The highest BCUT2D eigenvalue weighted by molar-refractivity contribution is 7.91. The standard InChI is InChI=1S/C21H20N2O3S2/c24-21(22-18-6-2-1-3-7-18)17-10-8-16(9-11-17)19-12-13-20(27-19)28(25,26)23-14-4-5-15-23/h1-3,6-13H,4-5,14-15H2,(H,22,24). The van der Waals surface area contributed by atoms with Crippen LogP contribution in [-0.2, 0) is 10.0 Å². The van der Waals surface area contributed by atoms with E-state index in [0.29, 0.717) is 22.9 Å². The minimum atomic E-state index is -3.39. The summed E-state index contributed by atoms with van der Waals surface area (Å²) >= 11 is 1.27. The van der Waals surface area contributed by atoms with E-state index in [1.807, 2.05) is 48.5 Å². The van der Waals surface area contributed by atoms with Gasteiger partial charge in [0, 0.05) is 29.2 Å². The number of anilines is 1. The molecule has 1 N–H and O–H groups in total. The second-order valence-corrected chi connectivity index (χ2v) is 9.88. The van der Waals surface area contributed by atoms with Crippen molar-refractivity contribution in [2.24, 2.45) is 0 Å². The molecule has 1 aromatic heterocycles. The summed E-state index contributed by atoms with van der Waals surface area (Å²) in [5.74, 6) is -0.179. The lowest BCUT2D eigenvalue weighted by molar-refractivity contribution is 0.102. The van der Waals surface area contributed by atoms with Crippen LogP contribution in [0.4, 0.5) is 5.69 Å². The van der Waals surface area contributed by atoms with Crippen molar-refractivity contribution in [1.29, 1.82) is 0 Å². The van der Waals surface area contributed by atoms with E-state index in [1.54, 1.807) is 22.5 Å². The van der Waals surface area contributed by atoms with Crippen LogP contribution < -0.4 is 5.32 Å². The third-order valence-electron chi connectivity index (χ3n) is 4.70. The molecule has 7 heteroatoms. The number of rotatable bonds is 5. The van der Waals surface area contributed by atoms with Crippen LogP contribution in [-0.4, -0.2) is 31.7 Å². The molecule has 1 fully saturated rings. The van der Waals surface area contributed by atoms with Crippen molar-refractivity contribution in [2.75, 3.05) is 18.4 Å². The molecule has 2 aromatic carbocycles. The molecule has 0 unspecified atom stereocenters. The van der Waals surface area contributed by atoms with Gasteiger partial charge in [-0.25, -0.2) is 8.42 Å². The lowest BCUT2D eigenvalue weighted by Gasteiger charge is -2.13. The van der Waals surface area contributed by atoms with Crippen LogP contribution in [0.3, 0.4) is 0 Å². The summed E-state index contributed by atoms with van der Waals surface area (Å²) in [6, 6.07) is 20.0. The number of para-hydroxylation sites is 1. The topological polar surface area (TPSA) is 66.5 Å². The maximum absolute atomic E-state index is 12.7. The van der Waals surface area contributed by atoms with Crippen LogP contribution in [0, 0.1) is 0 Å². The smallest absolute Gasteiger partial charge is 0.255 e. The van der Waals surface area contributed by atoms with E-state index in [-0.39, 0.29) is 5.91 Å². The zero-order chi connectivity index (χ0) is 19.6. The van der Waals surface area contributed by atoms with Crippen LogP contribution in [0.2, 0.25) is 0 Å². The van der Waals surface area contributed by atoms with Crippen molar-refractivity contribution in [3.63, 3.8) is 0 Å². The van der Waals surface area contributed by atoms with Gasteiger partial charge >= 0.3 is 0 Å². The lowest BCUT2D eigenvalue weighted by atomic mass is 10.1. The molecule has 3 aromatic rings. The molecular formula is C21H20N2O3S2. The molecule has 1 amide bonds. The largest absolute Gasteiger partial charge is 0.322 e. The predicted octanol–water partition coefficient (Wildman–Crippen LogP) is 4.45. The Balaban J connectivity index is 1.50. The van der Waals surface area contributed by atoms with Gasteiger partial charge in [-0.05, 0) is 54.8 Å². The zero-order valence-corrected chi connectivity index (χ0v) is 16.8. The summed E-state index contributed by atoms with van der Waals surface area (Å²) in [7, 11) is -3.39. The monoisotopic (exact) mass is 412 g/mol. The van der Waals surface area contributed by atoms with E-state index in [2.05, 4.69) is 5.32 Å². The Hall–Kier alpha value is -2.48. The van der Waals surface area contributed by atoms with Gasteiger partial charge in [-0.1, -0.05) is 30.3 Å². The number of carbonyl (C=O) groups is 1. The predicted molar refractivity (Wildman–Crippen MR) is 112 cm³/mol. The fraction of sp³-hybridized carbons (Fsp3) is 0.190. The molecule has 0 aliphatic carbocycles. The van der Waals surface area contributed by atoms with Gasteiger partial charge in [0.25, 0.3) is 15.9 Å². The Morgan fingerprint density at radius 2 is 1.57 bits per heavy atom. The van der Waals surface area contributed by atoms with Crippen molar-refractivity contribution >= 4 is 33.0 Å². The Kier molecular flexibility index (Phi) is 5.30. The van der Waals surface area contributed by atoms with Crippen molar-refractivity contribution < 1.29 is 13.2 Å². The van der Waals surface area contributed by atoms with Crippen molar-refractivity contribution in [1.82, 2.24) is 4.31 Å². The maximum Gasteiger partial charge on any atom is 0.255 e. The molecule has 1 saturated heterocycles. The minimum absolute atomic E-state index is 0.179. The fourth-order valence-electron chi connectivity index (χ4n) is 3.18. The quantitative estimate of drug-likeness (QED) is 0.673. The molecule has 0 radical (unpaired) electrons. The first kappa shape index (κ1) is 18.9. The van der Waals surface area contributed by atoms with Crippen LogP contribution in [0.25, 0.3) is 10.4 Å². The Morgan fingerprint density at radius 3 is 2.25 bits per heavy atom. The highest BCUT2D eigenvalue weighted by Gasteiger charge is 2.28. The number of sulfonamides is 1. The first-order valence-electron chi connectivity index (χ1n) is 9.11. The minimum Gasteiger partial charge on any atom is -0.322 e. The molecule has 0 spiro atoms. The summed E-state index contributed by atoms with van der Waals surface area (Å²) in [6.45, 7) is 1.20. The molecule has 0 atom stereocenters. The molecule has 2 heterocycles. The Labute approximate surface area is 168 Å². The second kappa shape index (κ2) is 7.87. The van der Waals surface area contributed by atoms with Gasteiger partial charge in [0.05, 0.1) is 0 Å². The molecule has 1 aliphatic rings. The van der Waals surface area contributed by atoms with Gasteiger partial charge in [-0.2, -0.15) is 4.31 Å². The molecule has 0 saturated carbocycles. The first-order valence-corrected chi connectivity index (χ1v) is 11.4. The number of amides is 1. The summed E-state index contributed by atoms with van der Waals surface area (Å²) in [4.78, 5) is 13.2. The summed E-state index contributed by atoms with van der Waals surface area (Å²) < 4.78 is 27.3. The third-order valence-corrected chi connectivity index (χ3v) is 8.20. The van der Waals surface area contributed by atoms with E-state index in [1.165, 1.54) is 11.3 Å². The number of carbonyl (C=O) groups excluding carboxylic acids is 1. The molecular weight excluding hydrogens is 392 g/mol. The van der Waals surface area contributed by atoms with Gasteiger partial charge in [-0.15, -0.1) is 11.3 Å². The van der Waals surface area contributed by atoms with Crippen molar-refractivity contribution in [3.05, 3.63) is 72.3 Å². The highest BCUT2D eigenvalue weighted by Crippen LogP contribution is 2.33. The Bertz CT molecular complexity index is 1070. The SMILES string of the molecule is O=C(Nc1ccccc1)c1ccc(-c2ccc(S(=O)(=O)N3CCCC3)s2)cc1. The van der Waals surface area contributed by atoms with Crippen molar-refractivity contribution in [3.8, 4) is 10.4 Å². The molecule has 144 valence electrons. The number of nitrogens with one attached hydrogen (secondary N) is 1. The van der Waals surface area contributed by atoms with Gasteiger partial charge in [0.15, 0.2) is 0 Å². The lowest BCUT2D eigenvalue weighted by Crippen LogP contribution is -2.27. The van der Waals surface area contributed by atoms with E-state index in [9.17, 15) is 13.2 Å². The number of hydrogen-bond acceptors (Lipinski definition) is 4. The molecule has 28 heavy (non-hydrogen) atoms. The fourth-order valence-corrected chi connectivity index (χ4v) is 6.16. The third kappa shape index (κ3) is 3.87. The van der Waals surface area contributed by atoms with E-state index >= 15 is 0 Å². The number of nitrogens with zero attached hydrogens (tertiary/aromatic N) is 1. The molecule has 0 bridgehead atoms. The van der Waals surface area contributed by atoms with Crippen LogP contribution >= 0.6 is 11.3 Å². The number of benzene rings is 2. The molecule has 5 nitrogen and oxygen atoms in total. The van der Waals surface area contributed by atoms with E-state index in [4.69, 9.17) is 0 Å². The molecule has 4 rings (SSSR count).